The van der Waals surface area contributed by atoms with Gasteiger partial charge < -0.3 is 4.90 Å². The summed E-state index contributed by atoms with van der Waals surface area (Å²) in [5.41, 5.74) is 0.682. The quantitative estimate of drug-likeness (QED) is 0.697. The molecular weight excluding hydrogens is 308 g/mol. The van der Waals surface area contributed by atoms with Crippen molar-refractivity contribution in [3.63, 3.8) is 0 Å². The average Bonchev–Trinajstić information content (AvgIpc) is 2.95. The molecule has 4 aliphatic rings. The molecule has 1 saturated heterocycles. The van der Waals surface area contributed by atoms with Crippen LogP contribution in [0.15, 0.2) is 0 Å². The number of rotatable bonds is 1. The van der Waals surface area contributed by atoms with Crippen LogP contribution >= 0.6 is 0 Å². The van der Waals surface area contributed by atoms with E-state index in [1.807, 2.05) is 7.05 Å². The second-order valence-electron chi connectivity index (χ2n) is 10.1. The minimum Gasteiger partial charge on any atom is -0.342 e. The first-order valence-electron chi connectivity index (χ1n) is 10.5. The Kier molecular flexibility index (Phi) is 3.98. The van der Waals surface area contributed by atoms with Crippen molar-refractivity contribution in [1.82, 2.24) is 4.90 Å². The van der Waals surface area contributed by atoms with Crippen molar-refractivity contribution in [3.8, 4) is 6.07 Å². The predicted octanol–water partition coefficient (Wildman–Crippen LogP) is 4.63. The molecule has 25 heavy (non-hydrogen) atoms. The van der Waals surface area contributed by atoms with Crippen molar-refractivity contribution in [3.05, 3.63) is 0 Å². The highest BCUT2D eigenvalue weighted by Crippen LogP contribution is 2.66. The number of piperidine rings is 1. The molecule has 1 amide bonds. The average molecular weight is 343 g/mol. The molecule has 0 radical (unpaired) electrons. The number of fused-ring (bicyclic) bond motifs is 5. The standard InChI is InChI=1S/C22H34N2O/c1-14(13-23)16-6-7-17-15-5-8-19-22(3,12-10-20(25)24(19)4)18(15)9-11-21(16,17)2/h14-19H,5-12H2,1-4H3/t14?,15-,16+,17-,18-,19?,21+,22+/m0/s1. The zero-order valence-electron chi connectivity index (χ0n) is 16.4. The van der Waals surface area contributed by atoms with Gasteiger partial charge in [0.05, 0.1) is 6.07 Å². The minimum absolute atomic E-state index is 0.192. The second-order valence-corrected chi connectivity index (χ2v) is 10.1. The molecular formula is C22H34N2O. The van der Waals surface area contributed by atoms with Gasteiger partial charge in [-0.2, -0.15) is 5.26 Å². The molecule has 138 valence electrons. The largest absolute Gasteiger partial charge is 0.342 e. The summed E-state index contributed by atoms with van der Waals surface area (Å²) in [6.45, 7) is 7.14. The highest BCUT2D eigenvalue weighted by molar-refractivity contribution is 5.77. The maximum absolute atomic E-state index is 12.2. The molecule has 0 N–H and O–H groups in total. The zero-order chi connectivity index (χ0) is 18.0. The smallest absolute Gasteiger partial charge is 0.222 e. The Bertz CT molecular complexity index is 610. The van der Waals surface area contributed by atoms with Gasteiger partial charge in [0.2, 0.25) is 5.91 Å². The maximum Gasteiger partial charge on any atom is 0.222 e. The molecule has 1 aliphatic heterocycles. The van der Waals surface area contributed by atoms with Crippen LogP contribution in [0.3, 0.4) is 0 Å². The Morgan fingerprint density at radius 1 is 1.08 bits per heavy atom. The molecule has 4 fully saturated rings. The summed E-state index contributed by atoms with van der Waals surface area (Å²) < 4.78 is 0. The van der Waals surface area contributed by atoms with Gasteiger partial charge in [0, 0.05) is 25.4 Å². The van der Waals surface area contributed by atoms with Crippen molar-refractivity contribution in [2.45, 2.75) is 78.2 Å². The number of carbonyl (C=O) groups is 1. The van der Waals surface area contributed by atoms with Crippen LogP contribution in [-0.4, -0.2) is 23.9 Å². The Morgan fingerprint density at radius 2 is 1.80 bits per heavy atom. The van der Waals surface area contributed by atoms with Crippen LogP contribution in [0.2, 0.25) is 0 Å². The molecule has 2 unspecified atom stereocenters. The molecule has 0 spiro atoms. The van der Waals surface area contributed by atoms with Gasteiger partial charge in [0.15, 0.2) is 0 Å². The molecule has 3 nitrogen and oxygen atoms in total. The number of carbonyl (C=O) groups excluding carboxylic acids is 1. The molecule has 0 aromatic carbocycles. The van der Waals surface area contributed by atoms with E-state index in [9.17, 15) is 10.1 Å². The van der Waals surface area contributed by atoms with E-state index in [0.29, 0.717) is 28.7 Å². The highest BCUT2D eigenvalue weighted by atomic mass is 16.2. The van der Waals surface area contributed by atoms with Crippen LogP contribution in [0.5, 0.6) is 0 Å². The Morgan fingerprint density at radius 3 is 2.52 bits per heavy atom. The summed E-state index contributed by atoms with van der Waals surface area (Å²) in [5, 5.41) is 9.49. The predicted molar refractivity (Wildman–Crippen MR) is 98.4 cm³/mol. The molecule has 3 heteroatoms. The van der Waals surface area contributed by atoms with Gasteiger partial charge in [0.25, 0.3) is 0 Å². The third kappa shape index (κ3) is 2.25. The summed E-state index contributed by atoms with van der Waals surface area (Å²) in [4.78, 5) is 14.3. The fourth-order valence-electron chi connectivity index (χ4n) is 8.10. The Balaban J connectivity index is 1.62. The number of hydrogen-bond donors (Lipinski definition) is 0. The van der Waals surface area contributed by atoms with Crippen LogP contribution in [0.1, 0.15) is 72.1 Å². The van der Waals surface area contributed by atoms with E-state index in [4.69, 9.17) is 0 Å². The summed E-state index contributed by atoms with van der Waals surface area (Å²) in [5.74, 6) is 3.52. The van der Waals surface area contributed by atoms with Crippen LogP contribution in [0, 0.1) is 51.8 Å². The number of hydrogen-bond acceptors (Lipinski definition) is 2. The molecule has 4 rings (SSSR count). The van der Waals surface area contributed by atoms with E-state index in [1.165, 1.54) is 38.5 Å². The first-order valence-corrected chi connectivity index (χ1v) is 10.5. The third-order valence-electron chi connectivity index (χ3n) is 9.44. The summed E-state index contributed by atoms with van der Waals surface area (Å²) in [6, 6.07) is 3.01. The van der Waals surface area contributed by atoms with Gasteiger partial charge in [-0.1, -0.05) is 13.8 Å². The fraction of sp³-hybridized carbons (Fsp3) is 0.909. The number of amides is 1. The fourth-order valence-corrected chi connectivity index (χ4v) is 8.10. The van der Waals surface area contributed by atoms with Gasteiger partial charge in [0.1, 0.15) is 0 Å². The molecule has 8 atom stereocenters. The van der Waals surface area contributed by atoms with E-state index in [2.05, 4.69) is 31.7 Å². The molecule has 0 aromatic rings. The van der Waals surface area contributed by atoms with Crippen LogP contribution in [-0.2, 0) is 4.79 Å². The lowest BCUT2D eigenvalue weighted by atomic mass is 9.46. The number of nitrogens with zero attached hydrogens (tertiary/aromatic N) is 2. The Labute approximate surface area is 153 Å². The van der Waals surface area contributed by atoms with E-state index in [1.54, 1.807) is 0 Å². The van der Waals surface area contributed by atoms with Gasteiger partial charge in [-0.05, 0) is 86.4 Å². The SMILES string of the molecule is CC(C#N)[C@H]1CC[C@H]2[C@@H]3CCC4N(C)C(=O)CC[C@]4(C)[C@H]3CC[C@]12C. The van der Waals surface area contributed by atoms with Gasteiger partial charge in [-0.15, -0.1) is 0 Å². The third-order valence-corrected chi connectivity index (χ3v) is 9.44. The van der Waals surface area contributed by atoms with Gasteiger partial charge in [-0.3, -0.25) is 4.79 Å². The number of likely N-dealkylation sites (tertiary alicyclic amines) is 1. The van der Waals surface area contributed by atoms with E-state index in [-0.39, 0.29) is 5.92 Å². The summed E-state index contributed by atoms with van der Waals surface area (Å²) in [6.07, 6.45) is 9.46. The van der Waals surface area contributed by atoms with Crippen molar-refractivity contribution < 1.29 is 4.79 Å². The van der Waals surface area contributed by atoms with E-state index in [0.717, 1.165) is 30.6 Å². The van der Waals surface area contributed by atoms with Gasteiger partial charge in [-0.25, -0.2) is 0 Å². The highest BCUT2D eigenvalue weighted by Gasteiger charge is 2.61. The molecule has 3 saturated carbocycles. The van der Waals surface area contributed by atoms with Crippen LogP contribution < -0.4 is 0 Å². The molecule has 3 aliphatic carbocycles. The summed E-state index contributed by atoms with van der Waals surface area (Å²) >= 11 is 0. The molecule has 0 bridgehead atoms. The lowest BCUT2D eigenvalue weighted by Gasteiger charge is -2.62. The molecule has 0 aromatic heterocycles. The van der Waals surface area contributed by atoms with Gasteiger partial charge >= 0.3 is 0 Å². The minimum atomic E-state index is 0.192. The van der Waals surface area contributed by atoms with Crippen molar-refractivity contribution >= 4 is 5.91 Å². The van der Waals surface area contributed by atoms with E-state index < -0.39 is 0 Å². The first kappa shape index (κ1) is 17.4. The Hall–Kier alpha value is -1.04. The lowest BCUT2D eigenvalue weighted by Crippen LogP contribution is -2.61. The van der Waals surface area contributed by atoms with Crippen molar-refractivity contribution in [2.75, 3.05) is 7.05 Å². The maximum atomic E-state index is 12.2. The van der Waals surface area contributed by atoms with Crippen LogP contribution in [0.4, 0.5) is 0 Å². The van der Waals surface area contributed by atoms with Crippen molar-refractivity contribution in [2.24, 2.45) is 40.4 Å². The topological polar surface area (TPSA) is 44.1 Å². The first-order chi connectivity index (χ1) is 11.8. The second kappa shape index (κ2) is 5.73. The van der Waals surface area contributed by atoms with Crippen molar-refractivity contribution in [1.29, 1.82) is 5.26 Å². The molecule has 1 heterocycles. The lowest BCUT2D eigenvalue weighted by molar-refractivity contribution is -0.158. The normalized spacial score (nSPS) is 50.4. The van der Waals surface area contributed by atoms with Crippen LogP contribution in [0.25, 0.3) is 0 Å². The zero-order valence-corrected chi connectivity index (χ0v) is 16.4. The van der Waals surface area contributed by atoms with E-state index >= 15 is 0 Å². The monoisotopic (exact) mass is 342 g/mol. The summed E-state index contributed by atoms with van der Waals surface area (Å²) in [7, 11) is 2.04. The number of nitriles is 1.